The van der Waals surface area contributed by atoms with E-state index in [1.807, 2.05) is 0 Å². The second kappa shape index (κ2) is 4.26. The molecule has 82 valence electrons. The fourth-order valence-electron chi connectivity index (χ4n) is 3.33. The van der Waals surface area contributed by atoms with Crippen molar-refractivity contribution in [3.05, 3.63) is 22.4 Å². The van der Waals surface area contributed by atoms with Gasteiger partial charge >= 0.3 is 0 Å². The second-order valence-electron chi connectivity index (χ2n) is 5.12. The third-order valence-electron chi connectivity index (χ3n) is 4.14. The molecule has 0 aromatic carbocycles. The van der Waals surface area contributed by atoms with Crippen molar-refractivity contribution in [2.45, 2.75) is 38.1 Å². The Morgan fingerprint density at radius 2 is 2.33 bits per heavy atom. The van der Waals surface area contributed by atoms with E-state index in [9.17, 15) is 0 Å². The highest BCUT2D eigenvalue weighted by molar-refractivity contribution is 7.07. The Labute approximate surface area is 95.9 Å². The highest BCUT2D eigenvalue weighted by atomic mass is 32.1. The van der Waals surface area contributed by atoms with Crippen LogP contribution in [0.25, 0.3) is 0 Å². The maximum atomic E-state index is 3.76. The zero-order chi connectivity index (χ0) is 10.1. The molecule has 1 heterocycles. The Balaban J connectivity index is 1.43. The maximum Gasteiger partial charge on any atom is 0.00981 e. The maximum absolute atomic E-state index is 3.76. The molecule has 0 spiro atoms. The first-order chi connectivity index (χ1) is 7.42. The lowest BCUT2D eigenvalue weighted by atomic mass is 9.95. The molecule has 2 bridgehead atoms. The zero-order valence-electron chi connectivity index (χ0n) is 9.11. The summed E-state index contributed by atoms with van der Waals surface area (Å²) >= 11 is 1.81. The molecule has 0 amide bonds. The second-order valence-corrected chi connectivity index (χ2v) is 5.90. The molecular weight excluding hydrogens is 202 g/mol. The summed E-state index contributed by atoms with van der Waals surface area (Å²) in [5, 5.41) is 8.20. The van der Waals surface area contributed by atoms with E-state index in [2.05, 4.69) is 22.1 Å². The van der Waals surface area contributed by atoms with Crippen molar-refractivity contribution < 1.29 is 0 Å². The molecule has 2 aliphatic carbocycles. The van der Waals surface area contributed by atoms with Gasteiger partial charge in [0.05, 0.1) is 0 Å². The molecule has 2 heteroatoms. The van der Waals surface area contributed by atoms with E-state index in [4.69, 9.17) is 0 Å². The molecule has 3 atom stereocenters. The minimum absolute atomic E-state index is 0.849. The van der Waals surface area contributed by atoms with Gasteiger partial charge in [0.25, 0.3) is 0 Å². The van der Waals surface area contributed by atoms with Crippen molar-refractivity contribution in [1.82, 2.24) is 5.32 Å². The van der Waals surface area contributed by atoms with Gasteiger partial charge in [-0.15, -0.1) is 0 Å². The van der Waals surface area contributed by atoms with Gasteiger partial charge < -0.3 is 5.32 Å². The Morgan fingerprint density at radius 3 is 3.00 bits per heavy atom. The Hall–Kier alpha value is -0.340. The topological polar surface area (TPSA) is 12.0 Å². The highest BCUT2D eigenvalue weighted by Gasteiger charge is 2.38. The van der Waals surface area contributed by atoms with Crippen molar-refractivity contribution in [3.63, 3.8) is 0 Å². The van der Waals surface area contributed by atoms with Crippen LogP contribution in [0.5, 0.6) is 0 Å². The van der Waals surface area contributed by atoms with Crippen LogP contribution in [0.15, 0.2) is 16.8 Å². The lowest BCUT2D eigenvalue weighted by Gasteiger charge is -2.22. The van der Waals surface area contributed by atoms with Crippen molar-refractivity contribution in [2.24, 2.45) is 11.8 Å². The van der Waals surface area contributed by atoms with Crippen LogP contribution < -0.4 is 5.32 Å². The molecule has 2 fully saturated rings. The van der Waals surface area contributed by atoms with E-state index in [1.54, 1.807) is 11.3 Å². The molecule has 1 aromatic heterocycles. The van der Waals surface area contributed by atoms with E-state index in [-0.39, 0.29) is 0 Å². The van der Waals surface area contributed by atoms with Crippen LogP contribution >= 0.6 is 11.3 Å². The van der Waals surface area contributed by atoms with E-state index >= 15 is 0 Å². The van der Waals surface area contributed by atoms with Gasteiger partial charge in [-0.05, 0) is 66.5 Å². The quantitative estimate of drug-likeness (QED) is 0.824. The van der Waals surface area contributed by atoms with Gasteiger partial charge in [0.1, 0.15) is 0 Å². The molecule has 0 aliphatic heterocycles. The first-order valence-electron chi connectivity index (χ1n) is 6.16. The Kier molecular flexibility index (Phi) is 2.80. The van der Waals surface area contributed by atoms with Gasteiger partial charge in [0, 0.05) is 6.04 Å². The van der Waals surface area contributed by atoms with Crippen LogP contribution in [0.1, 0.15) is 31.2 Å². The molecule has 0 saturated heterocycles. The number of rotatable bonds is 4. The van der Waals surface area contributed by atoms with Gasteiger partial charge in [-0.2, -0.15) is 11.3 Å². The molecule has 2 saturated carbocycles. The molecule has 1 N–H and O–H groups in total. The van der Waals surface area contributed by atoms with Crippen molar-refractivity contribution in [3.8, 4) is 0 Å². The number of hydrogen-bond acceptors (Lipinski definition) is 2. The number of hydrogen-bond donors (Lipinski definition) is 1. The molecule has 2 aliphatic rings. The first-order valence-corrected chi connectivity index (χ1v) is 7.10. The van der Waals surface area contributed by atoms with Gasteiger partial charge in [0.2, 0.25) is 0 Å². The van der Waals surface area contributed by atoms with E-state index in [0.29, 0.717) is 0 Å². The zero-order valence-corrected chi connectivity index (χ0v) is 9.93. The average Bonchev–Trinajstić information content (AvgIpc) is 2.93. The van der Waals surface area contributed by atoms with Crippen LogP contribution in [0.2, 0.25) is 0 Å². The third kappa shape index (κ3) is 2.11. The summed E-state index contributed by atoms with van der Waals surface area (Å²) in [7, 11) is 0. The normalized spacial score (nSPS) is 33.7. The van der Waals surface area contributed by atoms with E-state index in [0.717, 1.165) is 17.9 Å². The minimum Gasteiger partial charge on any atom is -0.313 e. The summed E-state index contributed by atoms with van der Waals surface area (Å²) in [5.74, 6) is 2.08. The fraction of sp³-hybridized carbons (Fsp3) is 0.692. The van der Waals surface area contributed by atoms with Crippen LogP contribution in [0.3, 0.4) is 0 Å². The molecule has 1 aromatic rings. The molecule has 15 heavy (non-hydrogen) atoms. The smallest absolute Gasteiger partial charge is 0.00981 e. The van der Waals surface area contributed by atoms with Crippen molar-refractivity contribution in [1.29, 1.82) is 0 Å². The van der Waals surface area contributed by atoms with Crippen LogP contribution in [-0.2, 0) is 6.42 Å². The summed E-state index contributed by atoms with van der Waals surface area (Å²) in [4.78, 5) is 0. The lowest BCUT2D eigenvalue weighted by Crippen LogP contribution is -2.35. The largest absolute Gasteiger partial charge is 0.313 e. The summed E-state index contributed by atoms with van der Waals surface area (Å²) in [5.41, 5.74) is 1.50. The molecule has 3 unspecified atom stereocenters. The molecular formula is C13H19NS. The summed E-state index contributed by atoms with van der Waals surface area (Å²) in [6.45, 7) is 1.17. The molecule has 1 nitrogen and oxygen atoms in total. The number of fused-ring (bicyclic) bond motifs is 2. The lowest BCUT2D eigenvalue weighted by molar-refractivity contribution is 0.354. The van der Waals surface area contributed by atoms with Crippen LogP contribution in [-0.4, -0.2) is 12.6 Å². The fourth-order valence-corrected chi connectivity index (χ4v) is 4.03. The van der Waals surface area contributed by atoms with Gasteiger partial charge in [0.15, 0.2) is 0 Å². The third-order valence-corrected chi connectivity index (χ3v) is 4.87. The van der Waals surface area contributed by atoms with Gasteiger partial charge in [-0.1, -0.05) is 6.42 Å². The number of nitrogens with one attached hydrogen (secondary N) is 1. The molecule has 3 rings (SSSR count). The Bertz CT molecular complexity index is 306. The minimum atomic E-state index is 0.849. The van der Waals surface area contributed by atoms with Crippen molar-refractivity contribution >= 4 is 11.3 Å². The van der Waals surface area contributed by atoms with E-state index < -0.39 is 0 Å². The SMILES string of the molecule is c1cc(CCNC2CC3CCC2C3)cs1. The first kappa shape index (κ1) is 9.86. The van der Waals surface area contributed by atoms with Gasteiger partial charge in [-0.3, -0.25) is 0 Å². The summed E-state index contributed by atoms with van der Waals surface area (Å²) in [6.07, 6.45) is 7.16. The molecule has 0 radical (unpaired) electrons. The summed E-state index contributed by atoms with van der Waals surface area (Å²) < 4.78 is 0. The predicted molar refractivity (Wildman–Crippen MR) is 65.3 cm³/mol. The van der Waals surface area contributed by atoms with Gasteiger partial charge in [-0.25, -0.2) is 0 Å². The van der Waals surface area contributed by atoms with Crippen LogP contribution in [0, 0.1) is 11.8 Å². The average molecular weight is 221 g/mol. The number of thiophene rings is 1. The monoisotopic (exact) mass is 221 g/mol. The summed E-state index contributed by atoms with van der Waals surface area (Å²) in [6, 6.07) is 3.09. The van der Waals surface area contributed by atoms with Crippen molar-refractivity contribution in [2.75, 3.05) is 6.54 Å². The Morgan fingerprint density at radius 1 is 1.33 bits per heavy atom. The highest BCUT2D eigenvalue weighted by Crippen LogP contribution is 2.44. The standard InChI is InChI=1S/C13H19NS/c1-2-12-7-11(1)8-13(12)14-5-3-10-4-6-15-9-10/h4,6,9,11-14H,1-3,5,7-8H2. The van der Waals surface area contributed by atoms with E-state index in [1.165, 1.54) is 44.2 Å². The van der Waals surface area contributed by atoms with Crippen LogP contribution in [0.4, 0.5) is 0 Å². The predicted octanol–water partition coefficient (Wildman–Crippen LogP) is 3.07.